The van der Waals surface area contributed by atoms with E-state index in [1.807, 2.05) is 30.3 Å². The van der Waals surface area contributed by atoms with E-state index in [2.05, 4.69) is 67.6 Å². The summed E-state index contributed by atoms with van der Waals surface area (Å²) in [6, 6.07) is 25.7. The summed E-state index contributed by atoms with van der Waals surface area (Å²) in [6.07, 6.45) is 6.68. The molecule has 1 atom stereocenters. The zero-order chi connectivity index (χ0) is 16.8. The quantitative estimate of drug-likeness (QED) is 0.425. The first-order valence-corrected chi connectivity index (χ1v) is 8.18. The summed E-state index contributed by atoms with van der Waals surface area (Å²) >= 11 is 0. The second-order valence-electron chi connectivity index (χ2n) is 5.94. The number of aliphatic hydroxyl groups is 1. The number of halogens is 2. The van der Waals surface area contributed by atoms with Crippen LogP contribution in [0.2, 0.25) is 0 Å². The van der Waals surface area contributed by atoms with Crippen molar-refractivity contribution in [2.24, 2.45) is 0 Å². The van der Waals surface area contributed by atoms with E-state index in [9.17, 15) is 0 Å². The van der Waals surface area contributed by atoms with Crippen LogP contribution >= 0.6 is 0 Å². The third kappa shape index (κ3) is 7.29. The van der Waals surface area contributed by atoms with Crippen LogP contribution in [-0.4, -0.2) is 5.11 Å². The maximum atomic E-state index is 8.54. The first-order chi connectivity index (χ1) is 11.8. The molecule has 1 nitrogen and oxygen atoms in total. The van der Waals surface area contributed by atoms with Crippen molar-refractivity contribution in [2.75, 3.05) is 0 Å². The molecule has 4 rings (SSSR count). The molecular weight excluding hydrogens is 411 g/mol. The zero-order valence-electron chi connectivity index (χ0n) is 15.1. The molecule has 0 aromatic heterocycles. The fourth-order valence-corrected chi connectivity index (χ4v) is 2.75. The van der Waals surface area contributed by atoms with Gasteiger partial charge in [-0.1, -0.05) is 66.3 Å². The van der Waals surface area contributed by atoms with Crippen LogP contribution in [0.1, 0.15) is 24.0 Å². The summed E-state index contributed by atoms with van der Waals surface area (Å²) in [4.78, 5) is 0. The third-order valence-corrected chi connectivity index (χ3v) is 4.08. The van der Waals surface area contributed by atoms with Crippen LogP contribution in [0, 0.1) is 6.07 Å². The minimum atomic E-state index is 0. The second kappa shape index (κ2) is 12.9. The first-order valence-electron chi connectivity index (χ1n) is 8.18. The van der Waals surface area contributed by atoms with Gasteiger partial charge in [-0.3, -0.25) is 0 Å². The number of benzene rings is 3. The van der Waals surface area contributed by atoms with Gasteiger partial charge in [0.15, 0.2) is 0 Å². The molecule has 137 valence electrons. The number of hydrogen-bond acceptors (Lipinski definition) is 1. The summed E-state index contributed by atoms with van der Waals surface area (Å²) in [6.45, 7) is 2.28. The van der Waals surface area contributed by atoms with Gasteiger partial charge in [-0.05, 0) is 12.5 Å². The van der Waals surface area contributed by atoms with Gasteiger partial charge >= 0.3 is 21.7 Å². The topological polar surface area (TPSA) is 20.2 Å². The van der Waals surface area contributed by atoms with Crippen molar-refractivity contribution in [1.82, 2.24) is 0 Å². The molecule has 0 bridgehead atoms. The molecule has 0 saturated carbocycles. The summed E-state index contributed by atoms with van der Waals surface area (Å²) in [5.74, 6) is 0.407. The van der Waals surface area contributed by atoms with Crippen LogP contribution in [0.3, 0.4) is 0 Å². The summed E-state index contributed by atoms with van der Waals surface area (Å²) < 4.78 is 0. The smallest absolute Gasteiger partial charge is 1.00 e. The average molecular weight is 432 g/mol. The zero-order valence-corrected chi connectivity index (χ0v) is 18.1. The van der Waals surface area contributed by atoms with E-state index in [0.29, 0.717) is 5.92 Å². The van der Waals surface area contributed by atoms with Gasteiger partial charge in [-0.2, -0.15) is 0 Å². The minimum absolute atomic E-state index is 0. The number of aliphatic hydroxyl groups excluding tert-OH is 1. The van der Waals surface area contributed by atoms with Crippen LogP contribution in [0.25, 0.3) is 10.8 Å². The minimum Gasteiger partial charge on any atom is -1.00 e. The molecule has 0 saturated heterocycles. The molecule has 0 spiro atoms. The maximum Gasteiger partial charge on any atom is 3.00 e. The molecule has 1 aliphatic carbocycles. The van der Waals surface area contributed by atoms with Crippen LogP contribution in [-0.2, 0) is 28.3 Å². The van der Waals surface area contributed by atoms with E-state index >= 15 is 0 Å². The summed E-state index contributed by atoms with van der Waals surface area (Å²) in [5.41, 5.74) is 3.56. The molecule has 27 heavy (non-hydrogen) atoms. The van der Waals surface area contributed by atoms with Crippen molar-refractivity contribution in [2.45, 2.75) is 19.4 Å². The molecule has 0 aliphatic heterocycles. The number of allylic oxidation sites excluding steroid dienone is 4. The van der Waals surface area contributed by atoms with E-state index in [-0.39, 0.29) is 53.1 Å². The third-order valence-electron chi connectivity index (χ3n) is 4.08. The first kappa shape index (κ1) is 25.7. The Morgan fingerprint density at radius 3 is 2.15 bits per heavy atom. The predicted molar refractivity (Wildman–Crippen MR) is 101 cm³/mol. The molecule has 3 aromatic carbocycles. The summed E-state index contributed by atoms with van der Waals surface area (Å²) in [7, 11) is 0. The second-order valence-corrected chi connectivity index (χ2v) is 5.94. The van der Waals surface area contributed by atoms with Gasteiger partial charge in [0.2, 0.25) is 0 Å². The molecule has 1 aliphatic rings. The van der Waals surface area contributed by atoms with Gasteiger partial charge in [0.05, 0.1) is 6.61 Å². The fourth-order valence-electron chi connectivity index (χ4n) is 2.75. The number of hydrogen-bond donors (Lipinski definition) is 1. The van der Waals surface area contributed by atoms with Gasteiger partial charge in [0.1, 0.15) is 0 Å². The standard InChI is InChI=1S/C16H13.C7H8O.2ClH.Ti/c1-12-6-7-15(10-12)16-9-8-13-4-2-3-5-14(13)11-16;8-6-7-4-2-1-3-5-7;;;/h2-10,15H,1H3;1-5,8H,6H2;2*1H;/q-1;;;;+3/p-2. The molecule has 0 fully saturated rings. The average Bonchev–Trinajstić information content (AvgIpc) is 3.09. The van der Waals surface area contributed by atoms with E-state index in [4.69, 9.17) is 5.11 Å². The molecule has 4 heteroatoms. The van der Waals surface area contributed by atoms with Gasteiger partial charge in [0.25, 0.3) is 0 Å². The normalized spacial score (nSPS) is 14.0. The van der Waals surface area contributed by atoms with Crippen molar-refractivity contribution in [3.05, 3.63) is 108 Å². The number of rotatable bonds is 2. The van der Waals surface area contributed by atoms with E-state index < -0.39 is 0 Å². The Balaban J connectivity index is 0.000000535. The maximum absolute atomic E-state index is 8.54. The van der Waals surface area contributed by atoms with Gasteiger partial charge < -0.3 is 29.9 Å². The van der Waals surface area contributed by atoms with Crippen molar-refractivity contribution in [3.63, 3.8) is 0 Å². The Kier molecular flexibility index (Phi) is 12.3. The van der Waals surface area contributed by atoms with E-state index in [1.165, 1.54) is 21.9 Å². The van der Waals surface area contributed by atoms with Crippen molar-refractivity contribution in [3.8, 4) is 0 Å². The van der Waals surface area contributed by atoms with Crippen LogP contribution < -0.4 is 24.8 Å². The Morgan fingerprint density at radius 2 is 1.56 bits per heavy atom. The fraction of sp³-hybridized carbons (Fsp3) is 0.130. The molecular formula is C23H21Cl2OTi. The SMILES string of the molecule is CC1=CC(c2[c-]c3ccccc3cc2)C=C1.OCc1ccccc1.[Cl-].[Cl-].[Ti+3]. The Morgan fingerprint density at radius 1 is 0.889 bits per heavy atom. The van der Waals surface area contributed by atoms with Gasteiger partial charge in [0, 0.05) is 5.92 Å². The van der Waals surface area contributed by atoms with E-state index in [1.54, 1.807) is 0 Å². The Bertz CT molecular complexity index is 876. The molecule has 0 heterocycles. The van der Waals surface area contributed by atoms with E-state index in [0.717, 1.165) is 5.56 Å². The molecule has 1 unspecified atom stereocenters. The van der Waals surface area contributed by atoms with Crippen LogP contribution in [0.5, 0.6) is 0 Å². The molecule has 3 aromatic rings. The molecule has 1 radical (unpaired) electrons. The predicted octanol–water partition coefficient (Wildman–Crippen LogP) is -0.576. The Labute approximate surface area is 188 Å². The Hall–Kier alpha value is -1.35. The van der Waals surface area contributed by atoms with Crippen molar-refractivity contribution < 1.29 is 51.6 Å². The molecule has 0 amide bonds. The number of fused-ring (bicyclic) bond motifs is 1. The monoisotopic (exact) mass is 431 g/mol. The van der Waals surface area contributed by atoms with Gasteiger partial charge in [-0.25, -0.2) is 0 Å². The van der Waals surface area contributed by atoms with Crippen LogP contribution in [0.15, 0.2) is 90.5 Å². The van der Waals surface area contributed by atoms with Crippen molar-refractivity contribution >= 4 is 10.8 Å². The van der Waals surface area contributed by atoms with Gasteiger partial charge in [-0.15, -0.1) is 46.7 Å². The summed E-state index contributed by atoms with van der Waals surface area (Å²) in [5, 5.41) is 11.0. The van der Waals surface area contributed by atoms with Crippen molar-refractivity contribution in [1.29, 1.82) is 0 Å². The molecule has 1 N–H and O–H groups in total. The largest absolute Gasteiger partial charge is 3.00 e. The van der Waals surface area contributed by atoms with Crippen LogP contribution in [0.4, 0.5) is 0 Å².